The number of nitrogen functional groups attached to an aromatic ring is 1. The molecule has 9 heteroatoms. The van der Waals surface area contributed by atoms with Crippen molar-refractivity contribution in [3.8, 4) is 23.3 Å². The Balaban J connectivity index is 1.97. The molecule has 3 N–H and O–H groups in total. The second kappa shape index (κ2) is 8.46. The van der Waals surface area contributed by atoms with Crippen molar-refractivity contribution in [1.29, 1.82) is 10.5 Å². The number of nitrogens with one attached hydrogen (secondary N) is 1. The maximum absolute atomic E-state index is 12.5. The van der Waals surface area contributed by atoms with Crippen LogP contribution in [0.3, 0.4) is 0 Å². The lowest BCUT2D eigenvalue weighted by molar-refractivity contribution is -0.115. The summed E-state index contributed by atoms with van der Waals surface area (Å²) in [5.74, 6) is 0.546. The molecule has 3 aromatic rings. The normalized spacial score (nSPS) is 11.3. The highest BCUT2D eigenvalue weighted by atomic mass is 32.2. The first kappa shape index (κ1) is 19.9. The quantitative estimate of drug-likeness (QED) is 0.615. The van der Waals surface area contributed by atoms with E-state index in [9.17, 15) is 15.3 Å². The van der Waals surface area contributed by atoms with Gasteiger partial charge in [0.15, 0.2) is 5.82 Å². The molecule has 29 heavy (non-hydrogen) atoms. The fourth-order valence-corrected chi connectivity index (χ4v) is 3.57. The Kier molecular flexibility index (Phi) is 5.82. The lowest BCUT2D eigenvalue weighted by Crippen LogP contribution is -2.23. The summed E-state index contributed by atoms with van der Waals surface area (Å²) in [4.78, 5) is 16.7. The number of nitriles is 2. The molecule has 0 saturated heterocycles. The van der Waals surface area contributed by atoms with E-state index in [1.807, 2.05) is 12.1 Å². The number of thioether (sulfide) groups is 1. The monoisotopic (exact) mass is 404 g/mol. The summed E-state index contributed by atoms with van der Waals surface area (Å²) < 4.78 is 4.93. The number of pyridine rings is 1. The van der Waals surface area contributed by atoms with Crippen molar-refractivity contribution < 1.29 is 9.32 Å². The number of aromatic nitrogens is 2. The Bertz CT molecular complexity index is 1140. The summed E-state index contributed by atoms with van der Waals surface area (Å²) in [5.41, 5.74) is 7.40. The van der Waals surface area contributed by atoms with Crippen LogP contribution in [0.2, 0.25) is 0 Å². The summed E-state index contributed by atoms with van der Waals surface area (Å²) in [5, 5.41) is 25.4. The molecule has 144 valence electrons. The third kappa shape index (κ3) is 4.21. The molecule has 1 atom stereocenters. The van der Waals surface area contributed by atoms with Gasteiger partial charge in [-0.25, -0.2) is 4.98 Å². The zero-order valence-corrected chi connectivity index (χ0v) is 16.4. The van der Waals surface area contributed by atoms with Gasteiger partial charge in [0.1, 0.15) is 34.3 Å². The molecule has 0 aliphatic carbocycles. The minimum Gasteiger partial charge on any atom is -0.383 e. The number of carbonyl (C=O) groups is 1. The van der Waals surface area contributed by atoms with Crippen molar-refractivity contribution in [2.45, 2.75) is 24.1 Å². The van der Waals surface area contributed by atoms with E-state index in [0.717, 1.165) is 11.8 Å². The van der Waals surface area contributed by atoms with Crippen molar-refractivity contribution in [3.63, 3.8) is 0 Å². The van der Waals surface area contributed by atoms with Gasteiger partial charge in [-0.15, -0.1) is 0 Å². The summed E-state index contributed by atoms with van der Waals surface area (Å²) in [6, 6.07) is 14.8. The molecule has 0 aliphatic rings. The van der Waals surface area contributed by atoms with Gasteiger partial charge in [-0.1, -0.05) is 47.3 Å². The standard InChI is InChI=1S/C20H16N6O2S/c1-11-8-16(26-28-11)24-19(27)12(2)29-20-15(10-22)17(13-6-4-3-5-7-13)14(9-21)18(23)25-20/h3-8,12H,1-2H3,(H2,23,25)(H,24,26,27). The molecule has 0 spiro atoms. The van der Waals surface area contributed by atoms with Gasteiger partial charge in [-0.3, -0.25) is 4.79 Å². The van der Waals surface area contributed by atoms with Crippen molar-refractivity contribution >= 4 is 29.3 Å². The van der Waals surface area contributed by atoms with Crippen LogP contribution in [0.5, 0.6) is 0 Å². The molecule has 1 aromatic carbocycles. The molecular formula is C20H16N6O2S. The number of benzene rings is 1. The summed E-state index contributed by atoms with van der Waals surface area (Å²) >= 11 is 1.08. The van der Waals surface area contributed by atoms with Gasteiger partial charge >= 0.3 is 0 Å². The Hall–Kier alpha value is -3.82. The molecule has 0 fully saturated rings. The molecule has 2 heterocycles. The van der Waals surface area contributed by atoms with Crippen LogP contribution in [0, 0.1) is 29.6 Å². The second-order valence-electron chi connectivity index (χ2n) is 6.09. The van der Waals surface area contributed by atoms with Crippen LogP contribution in [0.25, 0.3) is 11.1 Å². The van der Waals surface area contributed by atoms with Crippen LogP contribution >= 0.6 is 11.8 Å². The molecule has 1 amide bonds. The van der Waals surface area contributed by atoms with Crippen molar-refractivity contribution in [2.75, 3.05) is 11.1 Å². The number of nitrogens with zero attached hydrogens (tertiary/aromatic N) is 4. The number of carbonyl (C=O) groups excluding carboxylic acids is 1. The highest BCUT2D eigenvalue weighted by molar-refractivity contribution is 8.00. The fourth-order valence-electron chi connectivity index (χ4n) is 2.65. The van der Waals surface area contributed by atoms with E-state index in [1.165, 1.54) is 0 Å². The number of rotatable bonds is 5. The first-order valence-electron chi connectivity index (χ1n) is 8.54. The number of aryl methyl sites for hydroxylation is 1. The van der Waals surface area contributed by atoms with Gasteiger partial charge in [0.2, 0.25) is 5.91 Å². The number of nitrogens with two attached hydrogens (primary N) is 1. The molecule has 1 unspecified atom stereocenters. The van der Waals surface area contributed by atoms with Crippen molar-refractivity contribution in [2.24, 2.45) is 0 Å². The lowest BCUT2D eigenvalue weighted by Gasteiger charge is -2.15. The van der Waals surface area contributed by atoms with Crippen LogP contribution < -0.4 is 11.1 Å². The zero-order chi connectivity index (χ0) is 21.0. The predicted molar refractivity (Wildman–Crippen MR) is 109 cm³/mol. The fraction of sp³-hybridized carbons (Fsp3) is 0.150. The van der Waals surface area contributed by atoms with E-state index in [4.69, 9.17) is 10.3 Å². The van der Waals surface area contributed by atoms with Gasteiger partial charge in [-0.2, -0.15) is 10.5 Å². The average Bonchev–Trinajstić information content (AvgIpc) is 3.12. The van der Waals surface area contributed by atoms with E-state index >= 15 is 0 Å². The average molecular weight is 404 g/mol. The Morgan fingerprint density at radius 3 is 2.52 bits per heavy atom. The summed E-state index contributed by atoms with van der Waals surface area (Å²) in [6.45, 7) is 3.39. The van der Waals surface area contributed by atoms with E-state index in [0.29, 0.717) is 22.7 Å². The van der Waals surface area contributed by atoms with E-state index < -0.39 is 5.25 Å². The molecule has 0 bridgehead atoms. The lowest BCUT2D eigenvalue weighted by atomic mass is 9.97. The smallest absolute Gasteiger partial charge is 0.238 e. The van der Waals surface area contributed by atoms with Crippen LogP contribution in [0.15, 0.2) is 45.9 Å². The minimum absolute atomic E-state index is 0.00703. The van der Waals surface area contributed by atoms with Crippen LogP contribution in [0.4, 0.5) is 11.6 Å². The molecule has 0 saturated carbocycles. The Labute approximate surface area is 171 Å². The first-order valence-corrected chi connectivity index (χ1v) is 9.42. The van der Waals surface area contributed by atoms with E-state index in [2.05, 4.69) is 21.5 Å². The topological polar surface area (TPSA) is 142 Å². The maximum atomic E-state index is 12.5. The Morgan fingerprint density at radius 1 is 1.24 bits per heavy atom. The van der Waals surface area contributed by atoms with Gasteiger partial charge < -0.3 is 15.6 Å². The third-order valence-electron chi connectivity index (χ3n) is 4.01. The highest BCUT2D eigenvalue weighted by Gasteiger charge is 2.24. The van der Waals surface area contributed by atoms with Gasteiger partial charge in [0.25, 0.3) is 0 Å². The Morgan fingerprint density at radius 2 is 1.93 bits per heavy atom. The number of anilines is 2. The molecule has 8 nitrogen and oxygen atoms in total. The SMILES string of the molecule is Cc1cc(NC(=O)C(C)Sc2nc(N)c(C#N)c(-c3ccccc3)c2C#N)no1. The van der Waals surface area contributed by atoms with Gasteiger partial charge in [-0.05, 0) is 19.4 Å². The molecule has 2 aromatic heterocycles. The predicted octanol–water partition coefficient (Wildman–Crippen LogP) is 3.49. The molecule has 3 rings (SSSR count). The number of hydrogen-bond donors (Lipinski definition) is 2. The van der Waals surface area contributed by atoms with Gasteiger partial charge in [0, 0.05) is 11.6 Å². The minimum atomic E-state index is -0.609. The highest BCUT2D eigenvalue weighted by Crippen LogP contribution is 2.36. The molecule has 0 aliphatic heterocycles. The third-order valence-corrected chi connectivity index (χ3v) is 5.10. The summed E-state index contributed by atoms with van der Waals surface area (Å²) in [7, 11) is 0. The second-order valence-corrected chi connectivity index (χ2v) is 7.42. The summed E-state index contributed by atoms with van der Waals surface area (Å²) in [6.07, 6.45) is 0. The zero-order valence-electron chi connectivity index (χ0n) is 15.6. The molecular weight excluding hydrogens is 388 g/mol. The van der Waals surface area contributed by atoms with Gasteiger partial charge in [0.05, 0.1) is 10.8 Å². The maximum Gasteiger partial charge on any atom is 0.238 e. The van der Waals surface area contributed by atoms with Crippen molar-refractivity contribution in [3.05, 3.63) is 53.3 Å². The van der Waals surface area contributed by atoms with Crippen LogP contribution in [0.1, 0.15) is 23.8 Å². The van der Waals surface area contributed by atoms with Crippen LogP contribution in [-0.2, 0) is 4.79 Å². The first-order chi connectivity index (χ1) is 13.9. The van der Waals surface area contributed by atoms with E-state index in [-0.39, 0.29) is 27.9 Å². The number of amides is 1. The molecule has 0 radical (unpaired) electrons. The van der Waals surface area contributed by atoms with E-state index in [1.54, 1.807) is 44.2 Å². The largest absolute Gasteiger partial charge is 0.383 e. The van der Waals surface area contributed by atoms with Crippen LogP contribution in [-0.4, -0.2) is 21.3 Å². The number of hydrogen-bond acceptors (Lipinski definition) is 8. The van der Waals surface area contributed by atoms with Crippen molar-refractivity contribution in [1.82, 2.24) is 10.1 Å².